The van der Waals surface area contributed by atoms with E-state index in [4.69, 9.17) is 4.74 Å². The Balaban J connectivity index is 1.81. The molecule has 1 aliphatic heterocycles. The number of para-hydroxylation sites is 1. The maximum absolute atomic E-state index is 13.7. The van der Waals surface area contributed by atoms with Gasteiger partial charge in [-0.1, -0.05) is 18.2 Å². The van der Waals surface area contributed by atoms with Crippen molar-refractivity contribution < 1.29 is 18.9 Å². The van der Waals surface area contributed by atoms with Gasteiger partial charge in [0, 0.05) is 24.7 Å². The Labute approximate surface area is 183 Å². The molecule has 6 heteroatoms. The number of rotatable bonds is 5. The van der Waals surface area contributed by atoms with Gasteiger partial charge in [0.15, 0.2) is 17.1 Å². The number of esters is 1. The number of benzene rings is 2. The lowest BCUT2D eigenvalue weighted by Gasteiger charge is -2.25. The number of aromatic nitrogens is 2. The molecule has 2 atom stereocenters. The second-order valence-corrected chi connectivity index (χ2v) is 8.15. The molecule has 1 aromatic heterocycles. The zero-order chi connectivity index (χ0) is 22.3. The molecular weight excluding hydrogens is 390 g/mol. The molecule has 0 bridgehead atoms. The number of aryl methyl sites for hydroxylation is 1. The largest absolute Gasteiger partial charge is 0.462 e. The molecule has 3 aromatic rings. The lowest BCUT2D eigenvalue weighted by molar-refractivity contribution is -0.675. The highest BCUT2D eigenvalue weighted by Crippen LogP contribution is 2.34. The first-order chi connectivity index (χ1) is 14.9. The van der Waals surface area contributed by atoms with Crippen LogP contribution in [0.4, 0.5) is 5.69 Å². The number of nitrogens with zero attached hydrogens (tertiary/aromatic N) is 3. The third kappa shape index (κ3) is 3.40. The molecule has 6 nitrogen and oxygen atoms in total. The van der Waals surface area contributed by atoms with Gasteiger partial charge >= 0.3 is 5.97 Å². The van der Waals surface area contributed by atoms with Crippen LogP contribution in [0.1, 0.15) is 55.5 Å². The standard InChI is InChI=1S/C25H30N3O3/c1-6-26-18(5)28(23-15-20(12-13-22(23)26)25(30)31-7-2)17(4)24(29)27-16(3)14-19-10-8-9-11-21(19)27/h8-13,15-17H,6-7,14H2,1-5H3/q+1/t16-,17-/m1/s1. The SMILES string of the molecule is CCOC(=O)c1ccc2c(c1)n([C@H](C)C(=O)N1c3ccccc3C[C@H]1C)c(C)[n+]2CC. The molecule has 0 N–H and O–H groups in total. The smallest absolute Gasteiger partial charge is 0.338 e. The second-order valence-electron chi connectivity index (χ2n) is 8.15. The monoisotopic (exact) mass is 420 g/mol. The topological polar surface area (TPSA) is 55.4 Å². The molecule has 0 unspecified atom stereocenters. The van der Waals surface area contributed by atoms with Gasteiger partial charge in [0.2, 0.25) is 0 Å². The van der Waals surface area contributed by atoms with Gasteiger partial charge in [-0.25, -0.2) is 13.9 Å². The van der Waals surface area contributed by atoms with E-state index < -0.39 is 6.04 Å². The van der Waals surface area contributed by atoms with Crippen molar-refractivity contribution >= 4 is 28.6 Å². The number of carbonyl (C=O) groups is 2. The summed E-state index contributed by atoms with van der Waals surface area (Å²) >= 11 is 0. The van der Waals surface area contributed by atoms with Crippen LogP contribution in [0, 0.1) is 6.92 Å². The zero-order valence-electron chi connectivity index (χ0n) is 18.9. The number of carbonyl (C=O) groups excluding carboxylic acids is 2. The first kappa shape index (κ1) is 21.1. The van der Waals surface area contributed by atoms with Crippen molar-refractivity contribution in [3.8, 4) is 0 Å². The highest BCUT2D eigenvalue weighted by atomic mass is 16.5. The molecule has 162 valence electrons. The molecule has 4 rings (SSSR count). The van der Waals surface area contributed by atoms with Gasteiger partial charge in [0.05, 0.1) is 18.7 Å². The van der Waals surface area contributed by atoms with Crippen molar-refractivity contribution in [2.75, 3.05) is 11.5 Å². The van der Waals surface area contributed by atoms with E-state index in [1.54, 1.807) is 13.0 Å². The van der Waals surface area contributed by atoms with Crippen LogP contribution in [0.5, 0.6) is 0 Å². The van der Waals surface area contributed by atoms with E-state index in [9.17, 15) is 9.59 Å². The van der Waals surface area contributed by atoms with Gasteiger partial charge < -0.3 is 9.64 Å². The minimum absolute atomic E-state index is 0.0576. The van der Waals surface area contributed by atoms with Crippen LogP contribution in [0.15, 0.2) is 42.5 Å². The first-order valence-electron chi connectivity index (χ1n) is 11.0. The van der Waals surface area contributed by atoms with Crippen molar-refractivity contribution in [2.45, 2.75) is 59.7 Å². The maximum Gasteiger partial charge on any atom is 0.338 e. The average Bonchev–Trinajstić information content (AvgIpc) is 3.24. The second kappa shape index (κ2) is 8.17. The Hall–Kier alpha value is -3.15. The Kier molecular flexibility index (Phi) is 5.56. The van der Waals surface area contributed by atoms with Crippen molar-refractivity contribution in [1.29, 1.82) is 0 Å². The van der Waals surface area contributed by atoms with Crippen LogP contribution < -0.4 is 9.47 Å². The van der Waals surface area contributed by atoms with Crippen molar-refractivity contribution in [3.63, 3.8) is 0 Å². The van der Waals surface area contributed by atoms with Gasteiger partial charge in [0.25, 0.3) is 11.7 Å². The number of hydrogen-bond acceptors (Lipinski definition) is 3. The Bertz CT molecular complexity index is 1160. The minimum atomic E-state index is -0.415. The summed E-state index contributed by atoms with van der Waals surface area (Å²) in [5.74, 6) is 0.695. The van der Waals surface area contributed by atoms with Crippen molar-refractivity contribution in [2.24, 2.45) is 0 Å². The number of anilines is 1. The summed E-state index contributed by atoms with van der Waals surface area (Å²) in [6.45, 7) is 11.0. The normalized spacial score (nSPS) is 16.4. The molecule has 0 radical (unpaired) electrons. The molecule has 0 fully saturated rings. The van der Waals surface area contributed by atoms with Crippen LogP contribution in [0.25, 0.3) is 11.0 Å². The van der Waals surface area contributed by atoms with Gasteiger partial charge in [-0.15, -0.1) is 0 Å². The van der Waals surface area contributed by atoms with E-state index >= 15 is 0 Å². The highest BCUT2D eigenvalue weighted by Gasteiger charge is 2.37. The molecule has 0 aliphatic carbocycles. The van der Waals surface area contributed by atoms with Crippen molar-refractivity contribution in [1.82, 2.24) is 4.57 Å². The number of fused-ring (bicyclic) bond motifs is 2. The fraction of sp³-hybridized carbons (Fsp3) is 0.400. The third-order valence-electron chi connectivity index (χ3n) is 6.28. The summed E-state index contributed by atoms with van der Waals surface area (Å²) in [7, 11) is 0. The fourth-order valence-electron chi connectivity index (χ4n) is 4.87. The Morgan fingerprint density at radius 3 is 2.65 bits per heavy atom. The molecular formula is C25H30N3O3+. The quantitative estimate of drug-likeness (QED) is 0.464. The molecule has 1 amide bonds. The van der Waals surface area contributed by atoms with Gasteiger partial charge in [-0.05, 0) is 57.9 Å². The van der Waals surface area contributed by atoms with E-state index in [0.717, 1.165) is 35.5 Å². The van der Waals surface area contributed by atoms with E-state index in [-0.39, 0.29) is 17.9 Å². The molecule has 0 saturated carbocycles. The maximum atomic E-state index is 13.7. The number of hydrogen-bond donors (Lipinski definition) is 0. The van der Waals surface area contributed by atoms with Crippen LogP contribution in [0.2, 0.25) is 0 Å². The molecule has 2 aromatic carbocycles. The summed E-state index contributed by atoms with van der Waals surface area (Å²) in [4.78, 5) is 28.0. The molecule has 1 aliphatic rings. The highest BCUT2D eigenvalue weighted by molar-refractivity contribution is 5.99. The lowest BCUT2D eigenvalue weighted by atomic mass is 10.1. The van der Waals surface area contributed by atoms with Crippen molar-refractivity contribution in [3.05, 3.63) is 59.4 Å². The summed E-state index contributed by atoms with van der Waals surface area (Å²) in [6.07, 6.45) is 0.863. The summed E-state index contributed by atoms with van der Waals surface area (Å²) < 4.78 is 9.42. The minimum Gasteiger partial charge on any atom is -0.462 e. The van der Waals surface area contributed by atoms with E-state index in [1.165, 1.54) is 5.56 Å². The zero-order valence-corrected chi connectivity index (χ0v) is 18.9. The van der Waals surface area contributed by atoms with Crippen LogP contribution in [-0.4, -0.2) is 29.1 Å². The average molecular weight is 421 g/mol. The summed E-state index contributed by atoms with van der Waals surface area (Å²) in [5, 5.41) is 0. The number of ether oxygens (including phenoxy) is 1. The summed E-state index contributed by atoms with van der Waals surface area (Å²) in [6, 6.07) is 13.4. The number of amides is 1. The lowest BCUT2D eigenvalue weighted by Crippen LogP contribution is -2.41. The van der Waals surface area contributed by atoms with Crippen LogP contribution in [-0.2, 0) is 22.5 Å². The van der Waals surface area contributed by atoms with E-state index in [1.807, 2.05) is 49.1 Å². The number of imidazole rings is 1. The van der Waals surface area contributed by atoms with Gasteiger partial charge in [-0.2, -0.15) is 0 Å². The van der Waals surface area contributed by atoms with Crippen LogP contribution >= 0.6 is 0 Å². The molecule has 0 spiro atoms. The van der Waals surface area contributed by atoms with E-state index in [0.29, 0.717) is 12.2 Å². The predicted octanol–water partition coefficient (Wildman–Crippen LogP) is 3.97. The fourth-order valence-corrected chi connectivity index (χ4v) is 4.87. The predicted molar refractivity (Wildman–Crippen MR) is 120 cm³/mol. The van der Waals surface area contributed by atoms with Crippen LogP contribution in [0.3, 0.4) is 0 Å². The van der Waals surface area contributed by atoms with Gasteiger partial charge in [0.1, 0.15) is 0 Å². The molecule has 0 saturated heterocycles. The van der Waals surface area contributed by atoms with Gasteiger partial charge in [-0.3, -0.25) is 4.79 Å². The van der Waals surface area contributed by atoms with E-state index in [2.05, 4.69) is 29.0 Å². The molecule has 2 heterocycles. The Morgan fingerprint density at radius 2 is 1.94 bits per heavy atom. The third-order valence-corrected chi connectivity index (χ3v) is 6.28. The first-order valence-corrected chi connectivity index (χ1v) is 11.0. The summed E-state index contributed by atoms with van der Waals surface area (Å²) in [5.41, 5.74) is 4.57. The molecule has 31 heavy (non-hydrogen) atoms. The Morgan fingerprint density at radius 1 is 1.19 bits per heavy atom.